The number of halogens is 1. The molecule has 6 N–H and O–H groups in total. The Morgan fingerprint density at radius 1 is 1.16 bits per heavy atom. The van der Waals surface area contributed by atoms with E-state index in [1.165, 1.54) is 18.2 Å². The third-order valence-corrected chi connectivity index (χ3v) is 4.86. The molecular formula is C23H20FN5O3. The van der Waals surface area contributed by atoms with Gasteiger partial charge in [-0.05, 0) is 42.0 Å². The maximum atomic E-state index is 13.5. The normalized spacial score (nSPS) is 10.8. The first kappa shape index (κ1) is 20.9. The highest BCUT2D eigenvalue weighted by atomic mass is 19.1. The number of aromatic amines is 1. The van der Waals surface area contributed by atoms with Gasteiger partial charge in [-0.25, -0.2) is 9.37 Å². The molecule has 162 valence electrons. The SMILES string of the molecule is CCOc1ccc2ccccc2c1C(=O)Nc1[nH]c(-c2ccc(F)c(N)c2)nc1C(N)=O. The predicted octanol–water partition coefficient (Wildman–Crippen LogP) is 3.70. The molecule has 0 aliphatic rings. The van der Waals surface area contributed by atoms with Crippen molar-refractivity contribution < 1.29 is 18.7 Å². The molecule has 0 bridgehead atoms. The minimum absolute atomic E-state index is 0.00998. The number of imidazole rings is 1. The molecule has 0 aliphatic carbocycles. The maximum Gasteiger partial charge on any atom is 0.271 e. The number of H-pyrrole nitrogens is 1. The Balaban J connectivity index is 1.77. The molecule has 0 atom stereocenters. The first-order valence-corrected chi connectivity index (χ1v) is 9.80. The summed E-state index contributed by atoms with van der Waals surface area (Å²) in [5.41, 5.74) is 11.6. The fraction of sp³-hybridized carbons (Fsp3) is 0.0870. The first-order chi connectivity index (χ1) is 15.4. The summed E-state index contributed by atoms with van der Waals surface area (Å²) < 4.78 is 19.2. The topological polar surface area (TPSA) is 136 Å². The van der Waals surface area contributed by atoms with Crippen LogP contribution in [0.25, 0.3) is 22.2 Å². The third-order valence-electron chi connectivity index (χ3n) is 4.86. The van der Waals surface area contributed by atoms with E-state index in [4.69, 9.17) is 16.2 Å². The number of ether oxygens (including phenoxy) is 1. The molecule has 0 spiro atoms. The summed E-state index contributed by atoms with van der Waals surface area (Å²) >= 11 is 0. The molecule has 0 saturated carbocycles. The molecule has 0 saturated heterocycles. The molecular weight excluding hydrogens is 413 g/mol. The molecule has 9 heteroatoms. The van der Waals surface area contributed by atoms with Crippen molar-refractivity contribution in [1.82, 2.24) is 9.97 Å². The van der Waals surface area contributed by atoms with Gasteiger partial charge >= 0.3 is 0 Å². The highest BCUT2D eigenvalue weighted by molar-refractivity contribution is 6.16. The van der Waals surface area contributed by atoms with Crippen molar-refractivity contribution in [1.29, 1.82) is 0 Å². The number of anilines is 2. The number of aromatic nitrogens is 2. The van der Waals surface area contributed by atoms with Gasteiger partial charge < -0.3 is 26.5 Å². The highest BCUT2D eigenvalue weighted by Gasteiger charge is 2.22. The van der Waals surface area contributed by atoms with E-state index in [0.29, 0.717) is 28.9 Å². The van der Waals surface area contributed by atoms with Gasteiger partial charge in [0.1, 0.15) is 23.2 Å². The second-order valence-electron chi connectivity index (χ2n) is 6.96. The van der Waals surface area contributed by atoms with E-state index in [1.54, 1.807) is 12.1 Å². The van der Waals surface area contributed by atoms with Crippen LogP contribution in [0, 0.1) is 5.82 Å². The van der Waals surface area contributed by atoms with Crippen LogP contribution in [-0.2, 0) is 0 Å². The molecule has 1 heterocycles. The van der Waals surface area contributed by atoms with Gasteiger partial charge in [0.05, 0.1) is 17.9 Å². The molecule has 4 rings (SSSR count). The van der Waals surface area contributed by atoms with Crippen molar-refractivity contribution in [2.24, 2.45) is 5.73 Å². The smallest absolute Gasteiger partial charge is 0.271 e. The fourth-order valence-corrected chi connectivity index (χ4v) is 3.41. The van der Waals surface area contributed by atoms with Crippen molar-refractivity contribution in [3.8, 4) is 17.1 Å². The average molecular weight is 433 g/mol. The van der Waals surface area contributed by atoms with E-state index >= 15 is 0 Å². The number of nitrogens with two attached hydrogens (primary N) is 2. The Bertz CT molecular complexity index is 1350. The Hall–Kier alpha value is -4.40. The minimum atomic E-state index is -0.846. The number of amides is 2. The molecule has 0 unspecified atom stereocenters. The van der Waals surface area contributed by atoms with Gasteiger partial charge in [-0.3, -0.25) is 9.59 Å². The minimum Gasteiger partial charge on any atom is -0.493 e. The molecule has 4 aromatic rings. The van der Waals surface area contributed by atoms with E-state index in [9.17, 15) is 14.0 Å². The molecule has 1 aromatic heterocycles. The van der Waals surface area contributed by atoms with Crippen LogP contribution in [0.2, 0.25) is 0 Å². The van der Waals surface area contributed by atoms with E-state index < -0.39 is 17.6 Å². The van der Waals surface area contributed by atoms with E-state index in [2.05, 4.69) is 15.3 Å². The lowest BCUT2D eigenvalue weighted by Crippen LogP contribution is -2.19. The van der Waals surface area contributed by atoms with Crippen LogP contribution >= 0.6 is 0 Å². The van der Waals surface area contributed by atoms with Crippen LogP contribution in [0.1, 0.15) is 27.8 Å². The molecule has 3 aromatic carbocycles. The second-order valence-corrected chi connectivity index (χ2v) is 6.96. The molecule has 32 heavy (non-hydrogen) atoms. The van der Waals surface area contributed by atoms with Crippen LogP contribution < -0.4 is 21.5 Å². The van der Waals surface area contributed by atoms with E-state index in [-0.39, 0.29) is 23.0 Å². The average Bonchev–Trinajstić information content (AvgIpc) is 3.19. The summed E-state index contributed by atoms with van der Waals surface area (Å²) in [6.07, 6.45) is 0. The van der Waals surface area contributed by atoms with Crippen molar-refractivity contribution in [3.63, 3.8) is 0 Å². The van der Waals surface area contributed by atoms with Crippen LogP contribution in [0.15, 0.2) is 54.6 Å². The highest BCUT2D eigenvalue weighted by Crippen LogP contribution is 2.30. The van der Waals surface area contributed by atoms with E-state index in [1.807, 2.05) is 31.2 Å². The van der Waals surface area contributed by atoms with Crippen LogP contribution in [0.5, 0.6) is 5.75 Å². The standard InChI is InChI=1S/C23H20FN5O3/c1-2-32-17-10-8-12-5-3-4-6-14(12)18(17)23(31)29-22-19(20(26)30)27-21(28-22)13-7-9-15(24)16(25)11-13/h3-11H,2,25H2,1H3,(H2,26,30)(H,27,28)(H,29,31). The Labute approximate surface area is 182 Å². The largest absolute Gasteiger partial charge is 0.493 e. The van der Waals surface area contributed by atoms with Gasteiger partial charge in [-0.1, -0.05) is 30.3 Å². The Kier molecular flexibility index (Phi) is 5.46. The number of benzene rings is 3. The number of fused-ring (bicyclic) bond motifs is 1. The number of hydrogen-bond acceptors (Lipinski definition) is 5. The number of hydrogen-bond donors (Lipinski definition) is 4. The Morgan fingerprint density at radius 3 is 2.66 bits per heavy atom. The zero-order valence-electron chi connectivity index (χ0n) is 17.1. The number of nitrogens with zero attached hydrogens (tertiary/aromatic N) is 1. The lowest BCUT2D eigenvalue weighted by Gasteiger charge is -2.13. The van der Waals surface area contributed by atoms with Gasteiger partial charge in [0.2, 0.25) is 0 Å². The van der Waals surface area contributed by atoms with E-state index in [0.717, 1.165) is 5.39 Å². The number of nitrogen functional groups attached to an aromatic ring is 1. The van der Waals surface area contributed by atoms with Gasteiger partial charge in [-0.15, -0.1) is 0 Å². The first-order valence-electron chi connectivity index (χ1n) is 9.80. The van der Waals surface area contributed by atoms with Gasteiger partial charge in [0, 0.05) is 5.56 Å². The van der Waals surface area contributed by atoms with Gasteiger partial charge in [-0.2, -0.15) is 0 Å². The van der Waals surface area contributed by atoms with Crippen molar-refractivity contribution >= 4 is 34.1 Å². The summed E-state index contributed by atoms with van der Waals surface area (Å²) in [4.78, 5) is 32.3. The van der Waals surface area contributed by atoms with Crippen LogP contribution in [0.3, 0.4) is 0 Å². The van der Waals surface area contributed by atoms with Gasteiger partial charge in [0.15, 0.2) is 5.69 Å². The monoisotopic (exact) mass is 433 g/mol. The number of rotatable bonds is 6. The number of carbonyl (C=O) groups is 2. The Morgan fingerprint density at radius 2 is 1.94 bits per heavy atom. The van der Waals surface area contributed by atoms with Gasteiger partial charge in [0.25, 0.3) is 11.8 Å². The predicted molar refractivity (Wildman–Crippen MR) is 120 cm³/mol. The summed E-state index contributed by atoms with van der Waals surface area (Å²) in [5.74, 6) is -1.33. The molecule has 0 radical (unpaired) electrons. The summed E-state index contributed by atoms with van der Waals surface area (Å²) in [7, 11) is 0. The van der Waals surface area contributed by atoms with Crippen molar-refractivity contribution in [2.45, 2.75) is 6.92 Å². The third kappa shape index (κ3) is 3.83. The maximum absolute atomic E-state index is 13.5. The second kappa shape index (κ2) is 8.38. The number of nitrogens with one attached hydrogen (secondary N) is 2. The molecule has 0 aliphatic heterocycles. The lowest BCUT2D eigenvalue weighted by molar-refractivity contribution is 0.0997. The van der Waals surface area contributed by atoms with Crippen molar-refractivity contribution in [2.75, 3.05) is 17.7 Å². The number of primary amides is 1. The lowest BCUT2D eigenvalue weighted by atomic mass is 10.0. The molecule has 0 fully saturated rings. The van der Waals surface area contributed by atoms with Crippen LogP contribution in [-0.4, -0.2) is 28.4 Å². The summed E-state index contributed by atoms with van der Waals surface area (Å²) in [6, 6.07) is 14.9. The van der Waals surface area contributed by atoms with Crippen molar-refractivity contribution in [3.05, 3.63) is 71.7 Å². The summed E-state index contributed by atoms with van der Waals surface area (Å²) in [5, 5.41) is 4.21. The fourth-order valence-electron chi connectivity index (χ4n) is 3.41. The zero-order chi connectivity index (χ0) is 22.8. The molecule has 2 amide bonds. The molecule has 8 nitrogen and oxygen atoms in total. The van der Waals surface area contributed by atoms with Crippen LogP contribution in [0.4, 0.5) is 15.9 Å². The summed E-state index contributed by atoms with van der Waals surface area (Å²) in [6.45, 7) is 2.18. The quantitative estimate of drug-likeness (QED) is 0.344. The number of carbonyl (C=O) groups excluding carboxylic acids is 2. The zero-order valence-corrected chi connectivity index (χ0v) is 17.1.